The standard InChI is InChI=1S/C17H22FN3O2/c18-16-11-14(13-19)10-15(12-16)17(22)20-4-2-1-3-5-21-6-8-23-9-7-21/h10-12H,1-9H2,(H,20,22). The normalized spacial score (nSPS) is 15.1. The molecular formula is C17H22FN3O2. The second kappa shape index (κ2) is 9.23. The molecule has 23 heavy (non-hydrogen) atoms. The van der Waals surface area contributed by atoms with Crippen molar-refractivity contribution in [3.63, 3.8) is 0 Å². The first kappa shape index (κ1) is 17.4. The molecule has 0 bridgehead atoms. The maximum absolute atomic E-state index is 13.3. The molecule has 1 saturated heterocycles. The summed E-state index contributed by atoms with van der Waals surface area (Å²) in [7, 11) is 0. The third kappa shape index (κ3) is 5.97. The molecule has 0 aromatic heterocycles. The third-order valence-electron chi connectivity index (χ3n) is 3.83. The van der Waals surface area contributed by atoms with Crippen LogP contribution >= 0.6 is 0 Å². The number of halogens is 1. The van der Waals surface area contributed by atoms with Gasteiger partial charge in [0.25, 0.3) is 5.91 Å². The fourth-order valence-corrected chi connectivity index (χ4v) is 2.55. The van der Waals surface area contributed by atoms with E-state index in [-0.39, 0.29) is 17.0 Å². The largest absolute Gasteiger partial charge is 0.379 e. The summed E-state index contributed by atoms with van der Waals surface area (Å²) in [5.74, 6) is -0.908. The van der Waals surface area contributed by atoms with Gasteiger partial charge in [-0.25, -0.2) is 4.39 Å². The SMILES string of the molecule is N#Cc1cc(F)cc(C(=O)NCCCCCN2CCOCC2)c1. The Kier molecular flexibility index (Phi) is 6.98. The Bertz CT molecular complexity index is 565. The number of morpholine rings is 1. The molecule has 1 heterocycles. The monoisotopic (exact) mass is 319 g/mol. The van der Waals surface area contributed by atoms with Crippen LogP contribution < -0.4 is 5.32 Å². The fourth-order valence-electron chi connectivity index (χ4n) is 2.55. The van der Waals surface area contributed by atoms with Crippen LogP contribution in [-0.4, -0.2) is 50.2 Å². The molecule has 124 valence electrons. The van der Waals surface area contributed by atoms with Crippen molar-refractivity contribution < 1.29 is 13.9 Å². The lowest BCUT2D eigenvalue weighted by molar-refractivity contribution is 0.0371. The summed E-state index contributed by atoms with van der Waals surface area (Å²) in [6.07, 6.45) is 3.01. The molecular weight excluding hydrogens is 297 g/mol. The van der Waals surface area contributed by atoms with Crippen molar-refractivity contribution >= 4 is 5.91 Å². The van der Waals surface area contributed by atoms with Gasteiger partial charge in [-0.05, 0) is 37.6 Å². The van der Waals surface area contributed by atoms with Gasteiger partial charge in [0.05, 0.1) is 24.8 Å². The predicted octanol–water partition coefficient (Wildman–Crippen LogP) is 1.93. The van der Waals surface area contributed by atoms with Gasteiger partial charge in [-0.15, -0.1) is 0 Å². The molecule has 5 nitrogen and oxygen atoms in total. The molecule has 6 heteroatoms. The smallest absolute Gasteiger partial charge is 0.251 e. The molecule has 1 N–H and O–H groups in total. The Balaban J connectivity index is 1.63. The van der Waals surface area contributed by atoms with Gasteiger partial charge in [0, 0.05) is 25.2 Å². The van der Waals surface area contributed by atoms with Gasteiger partial charge in [-0.3, -0.25) is 9.69 Å². The van der Waals surface area contributed by atoms with Crippen molar-refractivity contribution in [2.24, 2.45) is 0 Å². The van der Waals surface area contributed by atoms with Crippen molar-refractivity contribution in [1.29, 1.82) is 5.26 Å². The zero-order valence-electron chi connectivity index (χ0n) is 13.2. The van der Waals surface area contributed by atoms with Gasteiger partial charge < -0.3 is 10.1 Å². The molecule has 1 amide bonds. The first-order valence-corrected chi connectivity index (χ1v) is 7.98. The highest BCUT2D eigenvalue weighted by atomic mass is 19.1. The molecule has 0 saturated carbocycles. The van der Waals surface area contributed by atoms with Crippen LogP contribution in [0.15, 0.2) is 18.2 Å². The molecule has 1 aliphatic heterocycles. The van der Waals surface area contributed by atoms with Crippen LogP contribution in [0, 0.1) is 17.1 Å². The van der Waals surface area contributed by atoms with E-state index in [1.165, 1.54) is 6.07 Å². The molecule has 1 aromatic carbocycles. The number of hydrogen-bond acceptors (Lipinski definition) is 4. The number of unbranched alkanes of at least 4 members (excludes halogenated alkanes) is 2. The lowest BCUT2D eigenvalue weighted by atomic mass is 10.1. The van der Waals surface area contributed by atoms with Crippen LogP contribution in [0.1, 0.15) is 35.2 Å². The Hall–Kier alpha value is -1.97. The van der Waals surface area contributed by atoms with Gasteiger partial charge in [-0.1, -0.05) is 6.42 Å². The fraction of sp³-hybridized carbons (Fsp3) is 0.529. The highest BCUT2D eigenvalue weighted by molar-refractivity contribution is 5.94. The summed E-state index contributed by atoms with van der Waals surface area (Å²) in [6, 6.07) is 5.51. The molecule has 0 aliphatic carbocycles. The summed E-state index contributed by atoms with van der Waals surface area (Å²) >= 11 is 0. The maximum Gasteiger partial charge on any atom is 0.251 e. The summed E-state index contributed by atoms with van der Waals surface area (Å²) in [6.45, 7) is 5.24. The zero-order valence-corrected chi connectivity index (χ0v) is 13.2. The molecule has 0 radical (unpaired) electrons. The number of nitriles is 1. The number of benzene rings is 1. The van der Waals surface area contributed by atoms with Gasteiger partial charge in [0.15, 0.2) is 0 Å². The second-order valence-corrected chi connectivity index (χ2v) is 5.61. The quantitative estimate of drug-likeness (QED) is 0.780. The minimum Gasteiger partial charge on any atom is -0.379 e. The molecule has 1 fully saturated rings. The average molecular weight is 319 g/mol. The van der Waals surface area contributed by atoms with Crippen molar-refractivity contribution in [3.8, 4) is 6.07 Å². The van der Waals surface area contributed by atoms with Crippen molar-refractivity contribution in [2.75, 3.05) is 39.4 Å². The van der Waals surface area contributed by atoms with Crippen LogP contribution in [-0.2, 0) is 4.74 Å². The Morgan fingerprint density at radius 1 is 1.26 bits per heavy atom. The van der Waals surface area contributed by atoms with Crippen LogP contribution in [0.5, 0.6) is 0 Å². The van der Waals surface area contributed by atoms with Crippen LogP contribution in [0.3, 0.4) is 0 Å². The molecule has 1 aromatic rings. The first-order valence-electron chi connectivity index (χ1n) is 7.98. The number of nitrogens with zero attached hydrogens (tertiary/aromatic N) is 2. The van der Waals surface area contributed by atoms with Crippen molar-refractivity contribution in [1.82, 2.24) is 10.2 Å². The number of nitrogens with one attached hydrogen (secondary N) is 1. The summed E-state index contributed by atoms with van der Waals surface area (Å²) in [5, 5.41) is 11.6. The van der Waals surface area contributed by atoms with E-state index in [1.807, 2.05) is 6.07 Å². The van der Waals surface area contributed by atoms with Gasteiger partial charge in [-0.2, -0.15) is 5.26 Å². The minimum atomic E-state index is -0.570. The van der Waals surface area contributed by atoms with E-state index in [2.05, 4.69) is 10.2 Å². The number of carbonyl (C=O) groups excluding carboxylic acids is 1. The molecule has 0 atom stereocenters. The lowest BCUT2D eigenvalue weighted by Gasteiger charge is -2.26. The number of hydrogen-bond donors (Lipinski definition) is 1. The lowest BCUT2D eigenvalue weighted by Crippen LogP contribution is -2.36. The van der Waals surface area contributed by atoms with E-state index in [1.54, 1.807) is 0 Å². The predicted molar refractivity (Wildman–Crippen MR) is 84.6 cm³/mol. The zero-order chi connectivity index (χ0) is 16.5. The number of ether oxygens (including phenoxy) is 1. The van der Waals surface area contributed by atoms with Crippen LogP contribution in [0.25, 0.3) is 0 Å². The topological polar surface area (TPSA) is 65.4 Å². The summed E-state index contributed by atoms with van der Waals surface area (Å²) in [5.41, 5.74) is 0.343. The maximum atomic E-state index is 13.3. The van der Waals surface area contributed by atoms with E-state index >= 15 is 0 Å². The van der Waals surface area contributed by atoms with E-state index in [0.29, 0.717) is 6.54 Å². The highest BCUT2D eigenvalue weighted by Crippen LogP contribution is 2.08. The van der Waals surface area contributed by atoms with E-state index in [9.17, 15) is 9.18 Å². The number of carbonyl (C=O) groups is 1. The Labute approximate surface area is 136 Å². The van der Waals surface area contributed by atoms with Gasteiger partial charge >= 0.3 is 0 Å². The van der Waals surface area contributed by atoms with Gasteiger partial charge in [0.2, 0.25) is 0 Å². The van der Waals surface area contributed by atoms with E-state index in [4.69, 9.17) is 10.00 Å². The van der Waals surface area contributed by atoms with E-state index in [0.717, 1.165) is 64.2 Å². The van der Waals surface area contributed by atoms with Crippen molar-refractivity contribution in [3.05, 3.63) is 35.1 Å². The second-order valence-electron chi connectivity index (χ2n) is 5.61. The van der Waals surface area contributed by atoms with Crippen molar-refractivity contribution in [2.45, 2.75) is 19.3 Å². The summed E-state index contributed by atoms with van der Waals surface area (Å²) in [4.78, 5) is 14.3. The number of amides is 1. The summed E-state index contributed by atoms with van der Waals surface area (Å²) < 4.78 is 18.6. The Morgan fingerprint density at radius 2 is 2.04 bits per heavy atom. The molecule has 0 unspecified atom stereocenters. The van der Waals surface area contributed by atoms with E-state index < -0.39 is 5.82 Å². The molecule has 0 spiro atoms. The third-order valence-corrected chi connectivity index (χ3v) is 3.83. The minimum absolute atomic E-state index is 0.153. The average Bonchev–Trinajstić information content (AvgIpc) is 2.58. The highest BCUT2D eigenvalue weighted by Gasteiger charge is 2.10. The Morgan fingerprint density at radius 3 is 2.78 bits per heavy atom. The first-order chi connectivity index (χ1) is 11.2. The molecule has 2 rings (SSSR count). The van der Waals surface area contributed by atoms with Crippen LogP contribution in [0.2, 0.25) is 0 Å². The van der Waals surface area contributed by atoms with Gasteiger partial charge in [0.1, 0.15) is 5.82 Å². The number of rotatable bonds is 7. The molecule has 1 aliphatic rings. The van der Waals surface area contributed by atoms with Crippen LogP contribution in [0.4, 0.5) is 4.39 Å².